The average molecular weight is 486 g/mol. The van der Waals surface area contributed by atoms with Gasteiger partial charge in [0.25, 0.3) is 0 Å². The predicted molar refractivity (Wildman–Crippen MR) is 117 cm³/mol. The van der Waals surface area contributed by atoms with E-state index in [2.05, 4.69) is 27.0 Å². The maximum absolute atomic E-state index is 11.8. The molecule has 2 aromatic rings. The molecule has 2 rings (SSSR count). The van der Waals surface area contributed by atoms with Crippen LogP contribution >= 0.6 is 24.0 Å². The molecule has 0 spiro atoms. The number of rotatable bonds is 8. The lowest BCUT2D eigenvalue weighted by molar-refractivity contribution is -0.120. The molecule has 27 heavy (non-hydrogen) atoms. The number of halogens is 1. The summed E-state index contributed by atoms with van der Waals surface area (Å²) in [4.78, 5) is 16.0. The quantitative estimate of drug-likeness (QED) is 0.303. The molecule has 0 fully saturated rings. The molecule has 148 valence electrons. The van der Waals surface area contributed by atoms with Crippen LogP contribution in [0.2, 0.25) is 0 Å². The van der Waals surface area contributed by atoms with Crippen molar-refractivity contribution in [2.24, 2.45) is 4.99 Å². The number of methoxy groups -OCH3 is 1. The third-order valence-corrected chi connectivity index (χ3v) is 3.86. The van der Waals surface area contributed by atoms with Gasteiger partial charge in [-0.3, -0.25) is 9.79 Å². The van der Waals surface area contributed by atoms with Gasteiger partial charge in [0.15, 0.2) is 5.96 Å². The topological polar surface area (TPSA) is 87.9 Å². The fraction of sp³-hybridized carbons (Fsp3) is 0.368. The van der Waals surface area contributed by atoms with Crippen molar-refractivity contribution >= 4 is 35.8 Å². The molecule has 0 aliphatic carbocycles. The Morgan fingerprint density at radius 3 is 2.70 bits per heavy atom. The van der Waals surface area contributed by atoms with Crippen molar-refractivity contribution in [1.82, 2.24) is 16.0 Å². The van der Waals surface area contributed by atoms with E-state index in [0.29, 0.717) is 19.0 Å². The smallest absolute Gasteiger partial charge is 0.239 e. The van der Waals surface area contributed by atoms with Crippen LogP contribution in [-0.2, 0) is 17.8 Å². The van der Waals surface area contributed by atoms with Crippen molar-refractivity contribution in [2.75, 3.05) is 27.2 Å². The first-order chi connectivity index (χ1) is 12.6. The van der Waals surface area contributed by atoms with Gasteiger partial charge in [-0.15, -0.1) is 24.0 Å². The highest BCUT2D eigenvalue weighted by molar-refractivity contribution is 14.0. The van der Waals surface area contributed by atoms with E-state index < -0.39 is 0 Å². The van der Waals surface area contributed by atoms with E-state index >= 15 is 0 Å². The number of nitrogens with zero attached hydrogens (tertiary/aromatic N) is 1. The number of nitrogens with one attached hydrogen (secondary N) is 3. The standard InChI is InChI=1S/C19H26N4O3.HI/c1-14-6-7-15(11-17(14)25-3)8-9-21-19(20-2)23-13-18(24)22-12-16-5-4-10-26-16;/h4-7,10-11H,8-9,12-13H2,1-3H3,(H,22,24)(H2,20,21,23);1H. The summed E-state index contributed by atoms with van der Waals surface area (Å²) in [5, 5.41) is 8.96. The van der Waals surface area contributed by atoms with Crippen LogP contribution in [0.1, 0.15) is 16.9 Å². The summed E-state index contributed by atoms with van der Waals surface area (Å²) >= 11 is 0. The molecule has 0 bridgehead atoms. The monoisotopic (exact) mass is 486 g/mol. The van der Waals surface area contributed by atoms with Crippen molar-refractivity contribution in [2.45, 2.75) is 19.9 Å². The predicted octanol–water partition coefficient (Wildman–Crippen LogP) is 2.24. The van der Waals surface area contributed by atoms with Crippen LogP contribution in [0.4, 0.5) is 0 Å². The van der Waals surface area contributed by atoms with Crippen molar-refractivity contribution in [3.63, 3.8) is 0 Å². The fourth-order valence-corrected chi connectivity index (χ4v) is 2.39. The summed E-state index contributed by atoms with van der Waals surface area (Å²) in [5.41, 5.74) is 2.29. The number of aryl methyl sites for hydroxylation is 1. The van der Waals surface area contributed by atoms with Crippen LogP contribution in [0, 0.1) is 6.92 Å². The first-order valence-electron chi connectivity index (χ1n) is 8.49. The Balaban J connectivity index is 0.00000364. The second-order valence-electron chi connectivity index (χ2n) is 5.76. The highest BCUT2D eigenvalue weighted by Crippen LogP contribution is 2.18. The van der Waals surface area contributed by atoms with Gasteiger partial charge in [0.2, 0.25) is 5.91 Å². The van der Waals surface area contributed by atoms with Gasteiger partial charge in [-0.1, -0.05) is 12.1 Å². The lowest BCUT2D eigenvalue weighted by Gasteiger charge is -2.12. The molecule has 0 radical (unpaired) electrons. The van der Waals surface area contributed by atoms with Crippen LogP contribution in [0.5, 0.6) is 5.75 Å². The van der Waals surface area contributed by atoms with Gasteiger partial charge < -0.3 is 25.1 Å². The number of benzene rings is 1. The number of carbonyl (C=O) groups excluding carboxylic acids is 1. The average Bonchev–Trinajstić information content (AvgIpc) is 3.17. The largest absolute Gasteiger partial charge is 0.496 e. The number of aliphatic imine (C=N–C) groups is 1. The minimum atomic E-state index is -0.132. The second kappa shape index (κ2) is 12.2. The second-order valence-corrected chi connectivity index (χ2v) is 5.76. The molecule has 0 saturated heterocycles. The SMILES string of the molecule is CN=C(NCCc1ccc(C)c(OC)c1)NCC(=O)NCc1ccco1.I. The number of amides is 1. The summed E-state index contributed by atoms with van der Waals surface area (Å²) < 4.78 is 10.5. The van der Waals surface area contributed by atoms with Gasteiger partial charge in [-0.25, -0.2) is 0 Å². The lowest BCUT2D eigenvalue weighted by atomic mass is 10.1. The van der Waals surface area contributed by atoms with E-state index in [0.717, 1.165) is 23.5 Å². The van der Waals surface area contributed by atoms with Crippen molar-refractivity contribution in [1.29, 1.82) is 0 Å². The molecular weight excluding hydrogens is 459 g/mol. The van der Waals surface area contributed by atoms with Gasteiger partial charge in [0, 0.05) is 13.6 Å². The van der Waals surface area contributed by atoms with Gasteiger partial charge in [0.05, 0.1) is 26.5 Å². The van der Waals surface area contributed by atoms with Gasteiger partial charge in [0.1, 0.15) is 11.5 Å². The van der Waals surface area contributed by atoms with Crippen molar-refractivity contribution in [3.05, 3.63) is 53.5 Å². The first-order valence-corrected chi connectivity index (χ1v) is 8.49. The number of hydrogen-bond acceptors (Lipinski definition) is 4. The molecule has 0 atom stereocenters. The zero-order chi connectivity index (χ0) is 18.8. The lowest BCUT2D eigenvalue weighted by Crippen LogP contribution is -2.43. The van der Waals surface area contributed by atoms with E-state index in [1.807, 2.05) is 25.1 Å². The van der Waals surface area contributed by atoms with Gasteiger partial charge >= 0.3 is 0 Å². The molecule has 0 unspecified atom stereocenters. The number of guanidine groups is 1. The maximum atomic E-state index is 11.8. The van der Waals surface area contributed by atoms with Crippen LogP contribution in [-0.4, -0.2) is 39.1 Å². The molecule has 3 N–H and O–H groups in total. The summed E-state index contributed by atoms with van der Waals surface area (Å²) in [5.74, 6) is 2.05. The minimum absolute atomic E-state index is 0. The molecule has 1 aromatic carbocycles. The Labute approximate surface area is 177 Å². The number of ether oxygens (including phenoxy) is 1. The van der Waals surface area contributed by atoms with Gasteiger partial charge in [-0.2, -0.15) is 0 Å². The van der Waals surface area contributed by atoms with E-state index in [1.54, 1.807) is 26.5 Å². The number of furan rings is 1. The molecule has 1 heterocycles. The summed E-state index contributed by atoms with van der Waals surface area (Å²) in [7, 11) is 3.35. The van der Waals surface area contributed by atoms with E-state index in [4.69, 9.17) is 9.15 Å². The third kappa shape index (κ3) is 7.90. The van der Waals surface area contributed by atoms with Crippen LogP contribution in [0.15, 0.2) is 46.0 Å². The Morgan fingerprint density at radius 2 is 2.04 bits per heavy atom. The van der Waals surface area contributed by atoms with Crippen molar-refractivity contribution in [3.8, 4) is 5.75 Å². The van der Waals surface area contributed by atoms with E-state index in [1.165, 1.54) is 5.56 Å². The summed E-state index contributed by atoms with van der Waals surface area (Å²) in [6, 6.07) is 9.76. The first kappa shape index (κ1) is 22.8. The molecule has 0 aliphatic heterocycles. The molecular formula is C19H27IN4O3. The highest BCUT2D eigenvalue weighted by Gasteiger charge is 2.05. The Morgan fingerprint density at radius 1 is 1.22 bits per heavy atom. The summed E-state index contributed by atoms with van der Waals surface area (Å²) in [6.07, 6.45) is 2.40. The Hall–Kier alpha value is -2.23. The maximum Gasteiger partial charge on any atom is 0.239 e. The Bertz CT molecular complexity index is 733. The third-order valence-electron chi connectivity index (χ3n) is 3.86. The number of hydrogen-bond donors (Lipinski definition) is 3. The van der Waals surface area contributed by atoms with Crippen LogP contribution in [0.3, 0.4) is 0 Å². The zero-order valence-corrected chi connectivity index (χ0v) is 18.2. The van der Waals surface area contributed by atoms with E-state index in [9.17, 15) is 4.79 Å². The molecule has 0 saturated carbocycles. The van der Waals surface area contributed by atoms with Gasteiger partial charge in [-0.05, 0) is 42.7 Å². The molecule has 0 aliphatic rings. The fourth-order valence-electron chi connectivity index (χ4n) is 2.39. The minimum Gasteiger partial charge on any atom is -0.496 e. The summed E-state index contributed by atoms with van der Waals surface area (Å²) in [6.45, 7) is 3.22. The number of carbonyl (C=O) groups is 1. The highest BCUT2D eigenvalue weighted by atomic mass is 127. The van der Waals surface area contributed by atoms with Crippen LogP contribution < -0.4 is 20.7 Å². The van der Waals surface area contributed by atoms with Crippen molar-refractivity contribution < 1.29 is 13.9 Å². The van der Waals surface area contributed by atoms with Crippen LogP contribution in [0.25, 0.3) is 0 Å². The van der Waals surface area contributed by atoms with E-state index in [-0.39, 0.29) is 36.4 Å². The molecule has 8 heteroatoms. The molecule has 7 nitrogen and oxygen atoms in total. The molecule has 1 amide bonds. The zero-order valence-electron chi connectivity index (χ0n) is 15.9. The normalized spacial score (nSPS) is 10.7. The Kier molecular flexibility index (Phi) is 10.3. The molecule has 1 aromatic heterocycles.